The van der Waals surface area contributed by atoms with Crippen molar-refractivity contribution in [3.63, 3.8) is 0 Å². The third kappa shape index (κ3) is 1.94. The summed E-state index contributed by atoms with van der Waals surface area (Å²) in [6, 6.07) is 0. The topological polar surface area (TPSA) is 17.1 Å². The summed E-state index contributed by atoms with van der Waals surface area (Å²) in [5.74, 6) is 1.81. The van der Waals surface area contributed by atoms with Gasteiger partial charge in [0.25, 0.3) is 0 Å². The Morgan fingerprint density at radius 3 is 3.09 bits per heavy atom. The Labute approximate surface area is 66.1 Å². The van der Waals surface area contributed by atoms with Gasteiger partial charge in [0.2, 0.25) is 5.78 Å². The predicted molar refractivity (Wildman–Crippen MR) is 44.8 cm³/mol. The summed E-state index contributed by atoms with van der Waals surface area (Å²) in [4.78, 5) is 10.9. The summed E-state index contributed by atoms with van der Waals surface area (Å²) in [7, 11) is 0. The van der Waals surface area contributed by atoms with Crippen LogP contribution in [0.4, 0.5) is 0 Å². The van der Waals surface area contributed by atoms with Crippen LogP contribution in [-0.2, 0) is 4.79 Å². The molecule has 0 aromatic heterocycles. The lowest BCUT2D eigenvalue weighted by Crippen LogP contribution is -1.94. The molecule has 0 heterocycles. The number of carbonyl (C=O) groups is 1. The molecular formula is C10H8O. The van der Waals surface area contributed by atoms with Crippen molar-refractivity contribution in [2.75, 3.05) is 0 Å². The van der Waals surface area contributed by atoms with Gasteiger partial charge in [0, 0.05) is 5.57 Å². The first-order valence-corrected chi connectivity index (χ1v) is 3.39. The van der Waals surface area contributed by atoms with E-state index < -0.39 is 0 Å². The minimum absolute atomic E-state index is 0.257. The Balaban J connectivity index is 2.88. The van der Waals surface area contributed by atoms with Crippen LogP contribution in [0.1, 0.15) is 6.42 Å². The molecule has 0 fully saturated rings. The second-order valence-electron chi connectivity index (χ2n) is 2.16. The largest absolute Gasteiger partial charge is 0.279 e. The molecule has 11 heavy (non-hydrogen) atoms. The van der Waals surface area contributed by atoms with E-state index in [0.29, 0.717) is 5.57 Å². The van der Waals surface area contributed by atoms with Crippen LogP contribution in [0.3, 0.4) is 0 Å². The van der Waals surface area contributed by atoms with Gasteiger partial charge in [-0.2, -0.15) is 0 Å². The Morgan fingerprint density at radius 1 is 1.55 bits per heavy atom. The molecule has 0 aromatic carbocycles. The van der Waals surface area contributed by atoms with Crippen LogP contribution in [0.15, 0.2) is 36.0 Å². The van der Waals surface area contributed by atoms with E-state index in [9.17, 15) is 4.79 Å². The van der Waals surface area contributed by atoms with Gasteiger partial charge >= 0.3 is 0 Å². The second-order valence-corrected chi connectivity index (χ2v) is 2.16. The number of allylic oxidation sites excluding steroid dienone is 6. The number of carbonyl (C=O) groups excluding carboxylic acids is 1. The Bertz CT molecular complexity index is 284. The van der Waals surface area contributed by atoms with Crippen LogP contribution in [0, 0.1) is 12.3 Å². The molecule has 0 saturated carbocycles. The highest BCUT2D eigenvalue weighted by Crippen LogP contribution is 2.04. The number of rotatable bonds is 1. The molecule has 0 bridgehead atoms. The maximum absolute atomic E-state index is 10.9. The van der Waals surface area contributed by atoms with Gasteiger partial charge in [-0.15, -0.1) is 6.42 Å². The highest BCUT2D eigenvalue weighted by molar-refractivity contribution is 6.10. The molecule has 0 radical (unpaired) electrons. The van der Waals surface area contributed by atoms with E-state index in [-0.39, 0.29) is 5.78 Å². The van der Waals surface area contributed by atoms with E-state index in [0.717, 1.165) is 6.42 Å². The maximum Gasteiger partial charge on any atom is 0.235 e. The van der Waals surface area contributed by atoms with Crippen molar-refractivity contribution in [3.8, 4) is 12.3 Å². The molecule has 0 saturated heterocycles. The Kier molecular flexibility index (Phi) is 2.46. The SMILES string of the molecule is C#CC(=O)C1=CC=CCC=C1. The lowest BCUT2D eigenvalue weighted by atomic mass is 10.1. The fourth-order valence-electron chi connectivity index (χ4n) is 0.814. The van der Waals surface area contributed by atoms with Gasteiger partial charge < -0.3 is 0 Å². The molecule has 0 amide bonds. The fraction of sp³-hybridized carbons (Fsp3) is 0.100. The van der Waals surface area contributed by atoms with Crippen molar-refractivity contribution >= 4 is 5.78 Å². The molecule has 54 valence electrons. The third-order valence-electron chi connectivity index (χ3n) is 1.37. The van der Waals surface area contributed by atoms with Crippen molar-refractivity contribution < 1.29 is 4.79 Å². The number of hydrogen-bond acceptors (Lipinski definition) is 1. The molecular weight excluding hydrogens is 136 g/mol. The summed E-state index contributed by atoms with van der Waals surface area (Å²) in [6.07, 6.45) is 15.0. The van der Waals surface area contributed by atoms with Gasteiger partial charge in [0.15, 0.2) is 0 Å². The van der Waals surface area contributed by atoms with Crippen molar-refractivity contribution in [1.82, 2.24) is 0 Å². The zero-order valence-electron chi connectivity index (χ0n) is 6.08. The zero-order chi connectivity index (χ0) is 8.10. The molecule has 1 aliphatic carbocycles. The monoisotopic (exact) mass is 144 g/mol. The standard InChI is InChI=1S/C10H8O/c1-2-10(11)9-7-5-3-4-6-8-9/h1,3,5-8H,4H2. The van der Waals surface area contributed by atoms with Crippen LogP contribution in [0.25, 0.3) is 0 Å². The van der Waals surface area contributed by atoms with Gasteiger partial charge in [-0.25, -0.2) is 0 Å². The van der Waals surface area contributed by atoms with Crippen molar-refractivity contribution in [2.24, 2.45) is 0 Å². The molecule has 0 atom stereocenters. The van der Waals surface area contributed by atoms with Gasteiger partial charge in [-0.1, -0.05) is 30.4 Å². The number of terminal acetylenes is 1. The second kappa shape index (κ2) is 3.58. The normalized spacial score (nSPS) is 15.0. The van der Waals surface area contributed by atoms with Gasteiger partial charge in [-0.05, 0) is 12.3 Å². The van der Waals surface area contributed by atoms with E-state index in [4.69, 9.17) is 6.42 Å². The van der Waals surface area contributed by atoms with Crippen LogP contribution < -0.4 is 0 Å². The summed E-state index contributed by atoms with van der Waals surface area (Å²) in [6.45, 7) is 0. The maximum atomic E-state index is 10.9. The number of Topliss-reactive ketones (excluding diaryl/α,β-unsaturated/α-hetero) is 1. The quantitative estimate of drug-likeness (QED) is 0.404. The molecule has 0 N–H and O–H groups in total. The van der Waals surface area contributed by atoms with Gasteiger partial charge in [0.05, 0.1) is 0 Å². The zero-order valence-corrected chi connectivity index (χ0v) is 6.08. The minimum atomic E-state index is -0.257. The van der Waals surface area contributed by atoms with Crippen molar-refractivity contribution in [3.05, 3.63) is 36.0 Å². The Morgan fingerprint density at radius 2 is 2.36 bits per heavy atom. The van der Waals surface area contributed by atoms with Crippen molar-refractivity contribution in [2.45, 2.75) is 6.42 Å². The van der Waals surface area contributed by atoms with Gasteiger partial charge in [-0.3, -0.25) is 4.79 Å². The van der Waals surface area contributed by atoms with E-state index >= 15 is 0 Å². The summed E-state index contributed by atoms with van der Waals surface area (Å²) < 4.78 is 0. The molecule has 1 heteroatoms. The van der Waals surface area contributed by atoms with E-state index in [1.54, 1.807) is 12.2 Å². The Hall–Kier alpha value is -1.55. The van der Waals surface area contributed by atoms with Crippen molar-refractivity contribution in [1.29, 1.82) is 0 Å². The first-order valence-electron chi connectivity index (χ1n) is 3.39. The van der Waals surface area contributed by atoms with Crippen LogP contribution in [0.2, 0.25) is 0 Å². The smallest absolute Gasteiger partial charge is 0.235 e. The summed E-state index contributed by atoms with van der Waals surface area (Å²) >= 11 is 0. The molecule has 0 unspecified atom stereocenters. The third-order valence-corrected chi connectivity index (χ3v) is 1.37. The molecule has 0 spiro atoms. The van der Waals surface area contributed by atoms with Crippen LogP contribution >= 0.6 is 0 Å². The molecule has 0 aliphatic heterocycles. The number of hydrogen-bond donors (Lipinski definition) is 0. The van der Waals surface area contributed by atoms with E-state index in [2.05, 4.69) is 5.92 Å². The van der Waals surface area contributed by atoms with E-state index in [1.165, 1.54) is 0 Å². The molecule has 0 aromatic rings. The van der Waals surface area contributed by atoms with E-state index in [1.807, 2.05) is 18.2 Å². The summed E-state index contributed by atoms with van der Waals surface area (Å²) in [5.41, 5.74) is 0.584. The molecule has 1 rings (SSSR count). The molecule has 1 aliphatic rings. The van der Waals surface area contributed by atoms with Crippen LogP contribution in [0.5, 0.6) is 0 Å². The predicted octanol–water partition coefficient (Wildman–Crippen LogP) is 1.63. The lowest BCUT2D eigenvalue weighted by molar-refractivity contribution is -0.110. The molecule has 1 nitrogen and oxygen atoms in total. The summed E-state index contributed by atoms with van der Waals surface area (Å²) in [5, 5.41) is 0. The highest BCUT2D eigenvalue weighted by atomic mass is 16.1. The van der Waals surface area contributed by atoms with Gasteiger partial charge in [0.1, 0.15) is 0 Å². The fourth-order valence-corrected chi connectivity index (χ4v) is 0.814. The number of ketones is 1. The average molecular weight is 144 g/mol. The highest BCUT2D eigenvalue weighted by Gasteiger charge is 2.00. The minimum Gasteiger partial charge on any atom is -0.279 e. The lowest BCUT2D eigenvalue weighted by Gasteiger charge is -1.88. The van der Waals surface area contributed by atoms with Crippen LogP contribution in [-0.4, -0.2) is 5.78 Å². The first-order chi connectivity index (χ1) is 5.34. The first kappa shape index (κ1) is 7.56. The average Bonchev–Trinajstić information content (AvgIpc) is 2.30.